The first-order valence-corrected chi connectivity index (χ1v) is 5.26. The normalized spacial score (nSPS) is 11.9. The molecule has 92 valence electrons. The largest absolute Gasteiger partial charge is 0.485 e. The number of halogens is 1. The summed E-state index contributed by atoms with van der Waals surface area (Å²) in [6, 6.07) is 2.96. The van der Waals surface area contributed by atoms with Crippen LogP contribution in [0, 0.1) is 10.1 Å². The number of nitro benzene ring substituents is 1. The van der Waals surface area contributed by atoms with E-state index in [0.29, 0.717) is 4.47 Å². The molecule has 0 aliphatic rings. The van der Waals surface area contributed by atoms with Crippen LogP contribution in [0.2, 0.25) is 0 Å². The molecule has 3 N–H and O–H groups in total. The first kappa shape index (κ1) is 13.4. The molecule has 0 saturated heterocycles. The lowest BCUT2D eigenvalue weighted by atomic mass is 10.3. The molecule has 0 bridgehead atoms. The van der Waals surface area contributed by atoms with Gasteiger partial charge in [-0.05, 0) is 12.1 Å². The standard InChI is InChI=1S/C9H9BrN2O5/c10-5-1-2-8(7(3-5)12(15)16)17-4-6(11)9(13)14/h1-3,6H,4,11H2,(H,13,14)/t6-/m0/s1. The Bertz CT molecular complexity index is 451. The minimum absolute atomic E-state index is 0.0186. The van der Waals surface area contributed by atoms with Gasteiger partial charge in [-0.1, -0.05) is 15.9 Å². The average molecular weight is 305 g/mol. The molecule has 0 unspecified atom stereocenters. The molecule has 1 aromatic rings. The smallest absolute Gasteiger partial charge is 0.324 e. The van der Waals surface area contributed by atoms with Crippen molar-refractivity contribution in [2.24, 2.45) is 5.73 Å². The maximum Gasteiger partial charge on any atom is 0.324 e. The fourth-order valence-electron chi connectivity index (χ4n) is 1.01. The molecule has 0 saturated carbocycles. The third-order valence-corrected chi connectivity index (χ3v) is 2.35. The molecule has 0 fully saturated rings. The van der Waals surface area contributed by atoms with Gasteiger partial charge in [0.15, 0.2) is 5.75 Å². The maximum absolute atomic E-state index is 10.7. The van der Waals surface area contributed by atoms with Gasteiger partial charge in [-0.3, -0.25) is 14.9 Å². The minimum atomic E-state index is -1.23. The van der Waals surface area contributed by atoms with Gasteiger partial charge in [0.25, 0.3) is 0 Å². The molecule has 1 aromatic carbocycles. The number of carboxylic acid groups (broad SMARTS) is 1. The SMILES string of the molecule is N[C@@H](COc1ccc(Br)cc1[N+](=O)[O-])C(=O)O. The van der Waals surface area contributed by atoms with Crippen LogP contribution < -0.4 is 10.5 Å². The third kappa shape index (κ3) is 3.68. The maximum atomic E-state index is 10.7. The van der Waals surface area contributed by atoms with E-state index in [1.807, 2.05) is 0 Å². The van der Waals surface area contributed by atoms with Crippen molar-refractivity contribution in [3.63, 3.8) is 0 Å². The molecule has 0 amide bonds. The second-order valence-electron chi connectivity index (χ2n) is 3.12. The van der Waals surface area contributed by atoms with Crippen molar-refractivity contribution in [1.82, 2.24) is 0 Å². The molecular formula is C9H9BrN2O5. The highest BCUT2D eigenvalue weighted by Gasteiger charge is 2.18. The molecule has 7 nitrogen and oxygen atoms in total. The second kappa shape index (κ2) is 5.60. The molecule has 0 aliphatic heterocycles. The summed E-state index contributed by atoms with van der Waals surface area (Å²) in [5.74, 6) is -1.25. The number of rotatable bonds is 5. The Morgan fingerprint density at radius 1 is 1.65 bits per heavy atom. The van der Waals surface area contributed by atoms with Gasteiger partial charge in [0.1, 0.15) is 12.6 Å². The Kier molecular flexibility index (Phi) is 4.41. The van der Waals surface area contributed by atoms with E-state index in [0.717, 1.165) is 0 Å². The molecule has 1 rings (SSSR count). The van der Waals surface area contributed by atoms with E-state index in [-0.39, 0.29) is 18.0 Å². The fraction of sp³-hybridized carbons (Fsp3) is 0.222. The number of hydrogen-bond acceptors (Lipinski definition) is 5. The Labute approximate surface area is 104 Å². The van der Waals surface area contributed by atoms with E-state index in [2.05, 4.69) is 15.9 Å². The Hall–Kier alpha value is -1.67. The van der Waals surface area contributed by atoms with Crippen LogP contribution in [0.25, 0.3) is 0 Å². The van der Waals surface area contributed by atoms with Crippen LogP contribution >= 0.6 is 15.9 Å². The van der Waals surface area contributed by atoms with E-state index in [1.165, 1.54) is 12.1 Å². The summed E-state index contributed by atoms with van der Waals surface area (Å²) in [6.07, 6.45) is 0. The van der Waals surface area contributed by atoms with Crippen LogP contribution in [-0.2, 0) is 4.79 Å². The highest BCUT2D eigenvalue weighted by Crippen LogP contribution is 2.29. The summed E-state index contributed by atoms with van der Waals surface area (Å²) in [4.78, 5) is 20.5. The Morgan fingerprint density at radius 2 is 2.29 bits per heavy atom. The monoisotopic (exact) mass is 304 g/mol. The number of nitrogens with two attached hydrogens (primary N) is 1. The lowest BCUT2D eigenvalue weighted by Gasteiger charge is -2.09. The number of nitrogens with zero attached hydrogens (tertiary/aromatic N) is 1. The van der Waals surface area contributed by atoms with Gasteiger partial charge in [0.2, 0.25) is 0 Å². The summed E-state index contributed by atoms with van der Waals surface area (Å²) in [5.41, 5.74) is 4.96. The van der Waals surface area contributed by atoms with Gasteiger partial charge in [0.05, 0.1) is 4.92 Å². The van der Waals surface area contributed by atoms with E-state index in [1.54, 1.807) is 6.07 Å². The van der Waals surface area contributed by atoms with Gasteiger partial charge in [-0.15, -0.1) is 0 Å². The first-order valence-electron chi connectivity index (χ1n) is 4.47. The van der Waals surface area contributed by atoms with Crippen LogP contribution in [0.1, 0.15) is 0 Å². The molecule has 17 heavy (non-hydrogen) atoms. The Balaban J connectivity index is 2.84. The van der Waals surface area contributed by atoms with Crippen molar-refractivity contribution < 1.29 is 19.6 Å². The van der Waals surface area contributed by atoms with E-state index >= 15 is 0 Å². The van der Waals surface area contributed by atoms with Crippen molar-refractivity contribution in [3.05, 3.63) is 32.8 Å². The van der Waals surface area contributed by atoms with Gasteiger partial charge in [-0.25, -0.2) is 0 Å². The molecule has 8 heteroatoms. The summed E-state index contributed by atoms with van der Waals surface area (Å²) in [5, 5.41) is 19.2. The zero-order valence-corrected chi connectivity index (χ0v) is 10.1. The van der Waals surface area contributed by atoms with Gasteiger partial charge >= 0.3 is 11.7 Å². The number of carboxylic acids is 1. The van der Waals surface area contributed by atoms with Crippen molar-refractivity contribution in [2.45, 2.75) is 6.04 Å². The van der Waals surface area contributed by atoms with E-state index < -0.39 is 16.9 Å². The predicted molar refractivity (Wildman–Crippen MR) is 61.9 cm³/mol. The first-order chi connectivity index (χ1) is 7.91. The number of aliphatic carboxylic acids is 1. The average Bonchev–Trinajstić information content (AvgIpc) is 2.26. The molecule has 0 spiro atoms. The number of carbonyl (C=O) groups is 1. The van der Waals surface area contributed by atoms with Gasteiger partial charge in [0, 0.05) is 10.5 Å². The van der Waals surface area contributed by atoms with Crippen LogP contribution in [0.4, 0.5) is 5.69 Å². The summed E-state index contributed by atoms with van der Waals surface area (Å²) in [6.45, 7) is -0.336. The molecular weight excluding hydrogens is 296 g/mol. The van der Waals surface area contributed by atoms with E-state index in [4.69, 9.17) is 15.6 Å². The van der Waals surface area contributed by atoms with Crippen molar-refractivity contribution in [2.75, 3.05) is 6.61 Å². The van der Waals surface area contributed by atoms with Gasteiger partial charge in [-0.2, -0.15) is 0 Å². The van der Waals surface area contributed by atoms with Crippen molar-refractivity contribution >= 4 is 27.6 Å². The molecule has 0 aromatic heterocycles. The molecule has 0 heterocycles. The molecule has 1 atom stereocenters. The lowest BCUT2D eigenvalue weighted by Crippen LogP contribution is -2.36. The summed E-state index contributed by atoms with van der Waals surface area (Å²) >= 11 is 3.09. The topological polar surface area (TPSA) is 116 Å². The van der Waals surface area contributed by atoms with Crippen LogP contribution in [-0.4, -0.2) is 28.6 Å². The quantitative estimate of drug-likeness (QED) is 0.622. The lowest BCUT2D eigenvalue weighted by molar-refractivity contribution is -0.385. The summed E-state index contributed by atoms with van der Waals surface area (Å²) in [7, 11) is 0. The van der Waals surface area contributed by atoms with Crippen molar-refractivity contribution in [3.8, 4) is 5.75 Å². The fourth-order valence-corrected chi connectivity index (χ4v) is 1.36. The number of nitro groups is 1. The number of ether oxygens (including phenoxy) is 1. The highest BCUT2D eigenvalue weighted by molar-refractivity contribution is 9.10. The van der Waals surface area contributed by atoms with E-state index in [9.17, 15) is 14.9 Å². The zero-order valence-electron chi connectivity index (χ0n) is 8.50. The second-order valence-corrected chi connectivity index (χ2v) is 4.04. The number of hydrogen-bond donors (Lipinski definition) is 2. The zero-order chi connectivity index (χ0) is 13.0. The third-order valence-electron chi connectivity index (χ3n) is 1.85. The molecule has 0 aliphatic carbocycles. The highest BCUT2D eigenvalue weighted by atomic mass is 79.9. The predicted octanol–water partition coefficient (Wildman–Crippen LogP) is 1.15. The number of benzene rings is 1. The summed E-state index contributed by atoms with van der Waals surface area (Å²) < 4.78 is 5.54. The molecule has 0 radical (unpaired) electrons. The van der Waals surface area contributed by atoms with Crippen LogP contribution in [0.3, 0.4) is 0 Å². The minimum Gasteiger partial charge on any atom is -0.485 e. The van der Waals surface area contributed by atoms with Crippen LogP contribution in [0.15, 0.2) is 22.7 Å². The van der Waals surface area contributed by atoms with Crippen molar-refractivity contribution in [1.29, 1.82) is 0 Å². The Morgan fingerprint density at radius 3 is 2.82 bits per heavy atom. The van der Waals surface area contributed by atoms with Crippen LogP contribution in [0.5, 0.6) is 5.75 Å². The van der Waals surface area contributed by atoms with Gasteiger partial charge < -0.3 is 15.6 Å².